The molecule has 0 spiro atoms. The minimum atomic E-state index is -0.869. The molecular weight excluding hydrogens is 139 g/mol. The highest BCUT2D eigenvalue weighted by atomic mass is 19.1. The van der Waals surface area contributed by atoms with E-state index in [2.05, 4.69) is 4.98 Å². The number of rotatable bonds is 1. The molecule has 0 atom stereocenters. The zero-order valence-corrected chi connectivity index (χ0v) is 4.98. The van der Waals surface area contributed by atoms with Gasteiger partial charge in [0.2, 0.25) is 0 Å². The summed E-state index contributed by atoms with van der Waals surface area (Å²) in [6.07, 6.45) is 1.06. The molecule has 0 saturated carbocycles. The van der Waals surface area contributed by atoms with Gasteiger partial charge >= 0.3 is 5.69 Å². The Morgan fingerprint density at radius 3 is 2.70 bits per heavy atom. The first-order valence-corrected chi connectivity index (χ1v) is 2.61. The van der Waals surface area contributed by atoms with Crippen LogP contribution in [0.1, 0.15) is 5.56 Å². The Balaban J connectivity index is 3.34. The SMILES string of the molecule is O=c1[nH]cc(CF)c(=O)[nH]1. The highest BCUT2D eigenvalue weighted by Crippen LogP contribution is 1.85. The van der Waals surface area contributed by atoms with E-state index >= 15 is 0 Å². The monoisotopic (exact) mass is 144 g/mol. The second kappa shape index (κ2) is 2.47. The van der Waals surface area contributed by atoms with Crippen LogP contribution in [0.15, 0.2) is 15.8 Å². The largest absolute Gasteiger partial charge is 0.325 e. The van der Waals surface area contributed by atoms with Crippen molar-refractivity contribution in [2.75, 3.05) is 0 Å². The van der Waals surface area contributed by atoms with Crippen LogP contribution in [0.3, 0.4) is 0 Å². The number of alkyl halides is 1. The van der Waals surface area contributed by atoms with Gasteiger partial charge in [0, 0.05) is 6.20 Å². The first-order chi connectivity index (χ1) is 4.74. The number of halogens is 1. The summed E-state index contributed by atoms with van der Waals surface area (Å²) in [6, 6.07) is 0. The third-order valence-electron chi connectivity index (χ3n) is 1.04. The molecule has 0 saturated heterocycles. The number of hydrogen-bond donors (Lipinski definition) is 2. The van der Waals surface area contributed by atoms with Crippen molar-refractivity contribution in [1.29, 1.82) is 0 Å². The summed E-state index contributed by atoms with van der Waals surface area (Å²) in [6.45, 7) is -0.869. The summed E-state index contributed by atoms with van der Waals surface area (Å²) in [5.41, 5.74) is -1.37. The fourth-order valence-corrected chi connectivity index (χ4v) is 0.537. The molecule has 0 aliphatic carbocycles. The van der Waals surface area contributed by atoms with Crippen molar-refractivity contribution in [3.05, 3.63) is 32.6 Å². The highest BCUT2D eigenvalue weighted by Gasteiger charge is 1.96. The molecule has 1 rings (SSSR count). The van der Waals surface area contributed by atoms with Crippen molar-refractivity contribution in [3.8, 4) is 0 Å². The highest BCUT2D eigenvalue weighted by molar-refractivity contribution is 5.00. The predicted molar refractivity (Wildman–Crippen MR) is 32.5 cm³/mol. The fourth-order valence-electron chi connectivity index (χ4n) is 0.537. The van der Waals surface area contributed by atoms with E-state index in [1.165, 1.54) is 0 Å². The summed E-state index contributed by atoms with van der Waals surface area (Å²) < 4.78 is 11.8. The molecular formula is C5H5FN2O2. The molecule has 5 heteroatoms. The molecule has 1 aromatic heterocycles. The van der Waals surface area contributed by atoms with E-state index in [-0.39, 0.29) is 5.56 Å². The summed E-state index contributed by atoms with van der Waals surface area (Å²) in [7, 11) is 0. The molecule has 1 aromatic rings. The average molecular weight is 144 g/mol. The molecule has 0 amide bonds. The van der Waals surface area contributed by atoms with Gasteiger partial charge in [-0.3, -0.25) is 9.78 Å². The van der Waals surface area contributed by atoms with Crippen LogP contribution in [0, 0.1) is 0 Å². The van der Waals surface area contributed by atoms with Crippen molar-refractivity contribution in [2.24, 2.45) is 0 Å². The third-order valence-corrected chi connectivity index (χ3v) is 1.04. The Labute approximate surface area is 54.7 Å². The van der Waals surface area contributed by atoms with E-state index < -0.39 is 17.9 Å². The zero-order chi connectivity index (χ0) is 7.56. The normalized spacial score (nSPS) is 9.70. The summed E-state index contributed by atoms with van der Waals surface area (Å²) in [5, 5.41) is 0. The fraction of sp³-hybridized carbons (Fsp3) is 0.200. The van der Waals surface area contributed by atoms with Gasteiger partial charge in [-0.1, -0.05) is 0 Å². The lowest BCUT2D eigenvalue weighted by Crippen LogP contribution is -2.23. The molecule has 1 heterocycles. The number of hydrogen-bond acceptors (Lipinski definition) is 2. The molecule has 54 valence electrons. The number of nitrogens with one attached hydrogen (secondary N) is 2. The Hall–Kier alpha value is -1.39. The van der Waals surface area contributed by atoms with Crippen LogP contribution in [-0.2, 0) is 6.67 Å². The molecule has 2 N–H and O–H groups in total. The summed E-state index contributed by atoms with van der Waals surface area (Å²) in [4.78, 5) is 24.9. The number of H-pyrrole nitrogens is 2. The third kappa shape index (κ3) is 1.12. The van der Waals surface area contributed by atoms with E-state index in [0.29, 0.717) is 0 Å². The van der Waals surface area contributed by atoms with Gasteiger partial charge < -0.3 is 4.98 Å². The Kier molecular flexibility index (Phi) is 1.66. The molecule has 0 aromatic carbocycles. The maximum absolute atomic E-state index is 11.8. The van der Waals surface area contributed by atoms with Crippen molar-refractivity contribution in [1.82, 2.24) is 9.97 Å². The van der Waals surface area contributed by atoms with Crippen LogP contribution < -0.4 is 11.2 Å². The first-order valence-electron chi connectivity index (χ1n) is 2.61. The van der Waals surface area contributed by atoms with Crippen LogP contribution in [0.25, 0.3) is 0 Å². The van der Waals surface area contributed by atoms with Gasteiger partial charge in [-0.25, -0.2) is 9.18 Å². The predicted octanol–water partition coefficient (Wildman–Crippen LogP) is -0.467. The van der Waals surface area contributed by atoms with Gasteiger partial charge in [-0.05, 0) is 0 Å². The Bertz CT molecular complexity index is 327. The smallest absolute Gasteiger partial charge is 0.314 e. The van der Waals surface area contributed by atoms with Gasteiger partial charge in [0.15, 0.2) is 0 Å². The standard InChI is InChI=1S/C5H5FN2O2/c6-1-3-2-7-5(10)8-4(3)9/h2H,1H2,(H2,7,8,9,10). The zero-order valence-electron chi connectivity index (χ0n) is 4.98. The van der Waals surface area contributed by atoms with E-state index in [1.54, 1.807) is 0 Å². The maximum atomic E-state index is 11.8. The molecule has 10 heavy (non-hydrogen) atoms. The van der Waals surface area contributed by atoms with Crippen molar-refractivity contribution >= 4 is 0 Å². The van der Waals surface area contributed by atoms with Crippen LogP contribution in [0.2, 0.25) is 0 Å². The lowest BCUT2D eigenvalue weighted by Gasteiger charge is -1.87. The second-order valence-corrected chi connectivity index (χ2v) is 1.73. The lowest BCUT2D eigenvalue weighted by molar-refractivity contribution is 0.480. The quantitative estimate of drug-likeness (QED) is 0.559. The Morgan fingerprint density at radius 2 is 2.20 bits per heavy atom. The molecule has 0 fully saturated rings. The van der Waals surface area contributed by atoms with Gasteiger partial charge in [-0.2, -0.15) is 0 Å². The van der Waals surface area contributed by atoms with Crippen molar-refractivity contribution in [2.45, 2.75) is 6.67 Å². The van der Waals surface area contributed by atoms with Gasteiger partial charge in [-0.15, -0.1) is 0 Å². The van der Waals surface area contributed by atoms with Crippen molar-refractivity contribution in [3.63, 3.8) is 0 Å². The minimum Gasteiger partial charge on any atom is -0.314 e. The first kappa shape index (κ1) is 6.73. The second-order valence-electron chi connectivity index (χ2n) is 1.73. The molecule has 0 bridgehead atoms. The van der Waals surface area contributed by atoms with Gasteiger partial charge in [0.05, 0.1) is 5.56 Å². The summed E-state index contributed by atoms with van der Waals surface area (Å²) in [5.74, 6) is 0. The van der Waals surface area contributed by atoms with Crippen LogP contribution in [0.4, 0.5) is 4.39 Å². The topological polar surface area (TPSA) is 65.7 Å². The van der Waals surface area contributed by atoms with Crippen LogP contribution in [0.5, 0.6) is 0 Å². The van der Waals surface area contributed by atoms with E-state index in [9.17, 15) is 14.0 Å². The van der Waals surface area contributed by atoms with E-state index in [0.717, 1.165) is 6.20 Å². The molecule has 0 aliphatic heterocycles. The molecule has 0 radical (unpaired) electrons. The molecule has 4 nitrogen and oxygen atoms in total. The lowest BCUT2D eigenvalue weighted by atomic mass is 10.4. The van der Waals surface area contributed by atoms with Gasteiger partial charge in [0.1, 0.15) is 6.67 Å². The average Bonchev–Trinajstić information content (AvgIpc) is 1.88. The molecule has 0 aliphatic rings. The maximum Gasteiger partial charge on any atom is 0.325 e. The van der Waals surface area contributed by atoms with Gasteiger partial charge in [0.25, 0.3) is 5.56 Å². The van der Waals surface area contributed by atoms with Crippen LogP contribution in [-0.4, -0.2) is 9.97 Å². The minimum absolute atomic E-state index is 0.0698. The van der Waals surface area contributed by atoms with Crippen LogP contribution >= 0.6 is 0 Å². The van der Waals surface area contributed by atoms with E-state index in [4.69, 9.17) is 0 Å². The number of aromatic nitrogens is 2. The summed E-state index contributed by atoms with van der Waals surface area (Å²) >= 11 is 0. The van der Waals surface area contributed by atoms with Crippen molar-refractivity contribution < 1.29 is 4.39 Å². The molecule has 0 unspecified atom stereocenters. The number of aromatic amines is 2. The Morgan fingerprint density at radius 1 is 1.50 bits per heavy atom. The van der Waals surface area contributed by atoms with E-state index in [1.807, 2.05) is 4.98 Å².